The fourth-order valence-corrected chi connectivity index (χ4v) is 2.20. The minimum Gasteiger partial charge on any atom is -0.376 e. The number of amides is 1. The summed E-state index contributed by atoms with van der Waals surface area (Å²) in [5.74, 6) is -0.339. The third kappa shape index (κ3) is 5.41. The third-order valence-electron chi connectivity index (χ3n) is 3.69. The average Bonchev–Trinajstić information content (AvgIpc) is 2.59. The number of anilines is 3. The van der Waals surface area contributed by atoms with Gasteiger partial charge in [-0.1, -0.05) is 12.1 Å². The minimum atomic E-state index is -4.41. The molecule has 0 bridgehead atoms. The van der Waals surface area contributed by atoms with Crippen molar-refractivity contribution in [2.75, 3.05) is 35.7 Å². The fraction of sp³-hybridized carbons (Fsp3) is 0.278. The number of carbonyl (C=O) groups is 1. The lowest BCUT2D eigenvalue weighted by Crippen LogP contribution is -2.22. The van der Waals surface area contributed by atoms with Crippen LogP contribution in [-0.2, 0) is 11.0 Å². The molecule has 134 valence electrons. The number of alkyl halides is 3. The maximum absolute atomic E-state index is 12.7. The first kappa shape index (κ1) is 18.6. The molecule has 0 unspecified atom stereocenters. The van der Waals surface area contributed by atoms with Gasteiger partial charge >= 0.3 is 6.18 Å². The molecule has 0 heterocycles. The van der Waals surface area contributed by atoms with Crippen LogP contribution in [0.2, 0.25) is 0 Å². The number of hydrogen-bond acceptors (Lipinski definition) is 3. The molecule has 4 nitrogen and oxygen atoms in total. The van der Waals surface area contributed by atoms with Gasteiger partial charge in [0.1, 0.15) is 0 Å². The van der Waals surface area contributed by atoms with E-state index in [1.165, 1.54) is 12.1 Å². The zero-order valence-corrected chi connectivity index (χ0v) is 14.0. The molecule has 2 aromatic rings. The number of halogens is 3. The molecule has 0 spiro atoms. The van der Waals surface area contributed by atoms with E-state index in [0.29, 0.717) is 5.69 Å². The molecule has 0 radical (unpaired) electrons. The summed E-state index contributed by atoms with van der Waals surface area (Å²) < 4.78 is 38.0. The third-order valence-corrected chi connectivity index (χ3v) is 3.69. The lowest BCUT2D eigenvalue weighted by atomic mass is 10.2. The van der Waals surface area contributed by atoms with Gasteiger partial charge in [0.05, 0.1) is 12.1 Å². The highest BCUT2D eigenvalue weighted by molar-refractivity contribution is 5.94. The number of nitrogens with one attached hydrogen (secondary N) is 2. The van der Waals surface area contributed by atoms with Crippen molar-refractivity contribution in [2.24, 2.45) is 0 Å². The lowest BCUT2D eigenvalue weighted by Gasteiger charge is -2.17. The summed E-state index contributed by atoms with van der Waals surface area (Å²) in [5, 5.41) is 5.43. The minimum absolute atomic E-state index is 0.130. The highest BCUT2D eigenvalue weighted by atomic mass is 19.4. The predicted molar refractivity (Wildman–Crippen MR) is 93.9 cm³/mol. The lowest BCUT2D eigenvalue weighted by molar-refractivity contribution is -0.137. The Kier molecular flexibility index (Phi) is 5.90. The molecule has 1 amide bonds. The van der Waals surface area contributed by atoms with Crippen LogP contribution in [0.3, 0.4) is 0 Å². The van der Waals surface area contributed by atoms with Crippen molar-refractivity contribution in [1.29, 1.82) is 0 Å². The summed E-state index contributed by atoms with van der Waals surface area (Å²) in [6.45, 7) is 2.72. The van der Waals surface area contributed by atoms with Crippen molar-refractivity contribution in [3.05, 3.63) is 54.1 Å². The van der Waals surface area contributed by atoms with Gasteiger partial charge in [-0.25, -0.2) is 0 Å². The van der Waals surface area contributed by atoms with E-state index in [1.54, 1.807) is 6.07 Å². The Morgan fingerprint density at radius 1 is 1.08 bits per heavy atom. The van der Waals surface area contributed by atoms with Crippen LogP contribution in [0.4, 0.5) is 30.2 Å². The number of benzene rings is 2. The molecule has 2 aromatic carbocycles. The van der Waals surface area contributed by atoms with Crippen molar-refractivity contribution < 1.29 is 18.0 Å². The molecule has 0 saturated carbocycles. The Bertz CT molecular complexity index is 732. The smallest absolute Gasteiger partial charge is 0.376 e. The van der Waals surface area contributed by atoms with Gasteiger partial charge in [0.2, 0.25) is 5.91 Å². The van der Waals surface area contributed by atoms with E-state index in [0.717, 1.165) is 24.4 Å². The highest BCUT2D eigenvalue weighted by Crippen LogP contribution is 2.30. The van der Waals surface area contributed by atoms with E-state index in [2.05, 4.69) is 10.6 Å². The first-order valence-corrected chi connectivity index (χ1v) is 7.82. The first-order chi connectivity index (χ1) is 11.8. The quantitative estimate of drug-likeness (QED) is 0.819. The van der Waals surface area contributed by atoms with Gasteiger partial charge in [0.25, 0.3) is 0 Å². The molecule has 0 aliphatic rings. The van der Waals surface area contributed by atoms with Gasteiger partial charge in [-0.3, -0.25) is 4.79 Å². The van der Waals surface area contributed by atoms with E-state index in [4.69, 9.17) is 0 Å². The van der Waals surface area contributed by atoms with Crippen molar-refractivity contribution >= 4 is 23.0 Å². The molecule has 0 atom stereocenters. The van der Waals surface area contributed by atoms with E-state index in [1.807, 2.05) is 37.1 Å². The monoisotopic (exact) mass is 351 g/mol. The first-order valence-electron chi connectivity index (χ1n) is 7.82. The van der Waals surface area contributed by atoms with Crippen LogP contribution in [0.25, 0.3) is 0 Å². The Morgan fingerprint density at radius 2 is 1.76 bits per heavy atom. The summed E-state index contributed by atoms with van der Waals surface area (Å²) in [5.41, 5.74) is 1.08. The molecule has 0 aliphatic heterocycles. The van der Waals surface area contributed by atoms with Crippen molar-refractivity contribution in [1.82, 2.24) is 0 Å². The molecule has 7 heteroatoms. The topological polar surface area (TPSA) is 44.4 Å². The van der Waals surface area contributed by atoms with Crippen LogP contribution in [0, 0.1) is 0 Å². The van der Waals surface area contributed by atoms with E-state index in [-0.39, 0.29) is 18.1 Å². The normalized spacial score (nSPS) is 11.1. The summed E-state index contributed by atoms with van der Waals surface area (Å²) >= 11 is 0. The highest BCUT2D eigenvalue weighted by Gasteiger charge is 2.30. The number of hydrogen-bond donors (Lipinski definition) is 2. The summed E-state index contributed by atoms with van der Waals surface area (Å²) in [4.78, 5) is 14.0. The van der Waals surface area contributed by atoms with Gasteiger partial charge < -0.3 is 15.5 Å². The molecule has 0 aliphatic carbocycles. The average molecular weight is 351 g/mol. The second-order valence-electron chi connectivity index (χ2n) is 5.54. The van der Waals surface area contributed by atoms with Gasteiger partial charge in [0, 0.05) is 30.7 Å². The van der Waals surface area contributed by atoms with Crippen LogP contribution in [-0.4, -0.2) is 26.0 Å². The predicted octanol–water partition coefficient (Wildman–Crippen LogP) is 4.21. The zero-order chi connectivity index (χ0) is 18.4. The van der Waals surface area contributed by atoms with Gasteiger partial charge in [-0.05, 0) is 43.3 Å². The summed E-state index contributed by atoms with van der Waals surface area (Å²) in [6, 6.07) is 12.1. The largest absolute Gasteiger partial charge is 0.416 e. The molecule has 25 heavy (non-hydrogen) atoms. The van der Waals surface area contributed by atoms with Gasteiger partial charge in [-0.15, -0.1) is 0 Å². The van der Waals surface area contributed by atoms with Crippen LogP contribution in [0.5, 0.6) is 0 Å². The number of carbonyl (C=O) groups excluding carboxylic acids is 1. The van der Waals surface area contributed by atoms with E-state index < -0.39 is 11.7 Å². The molecule has 2 N–H and O–H groups in total. The number of nitrogens with zero attached hydrogens (tertiary/aromatic N) is 1. The van der Waals surface area contributed by atoms with Crippen LogP contribution in [0.15, 0.2) is 48.5 Å². The van der Waals surface area contributed by atoms with Crippen molar-refractivity contribution in [3.8, 4) is 0 Å². The molecular weight excluding hydrogens is 331 g/mol. The van der Waals surface area contributed by atoms with Crippen molar-refractivity contribution in [3.63, 3.8) is 0 Å². The van der Waals surface area contributed by atoms with Crippen molar-refractivity contribution in [2.45, 2.75) is 13.1 Å². The Hall–Kier alpha value is -2.70. The maximum Gasteiger partial charge on any atom is 0.416 e. The number of rotatable bonds is 6. The second kappa shape index (κ2) is 7.92. The second-order valence-corrected chi connectivity index (χ2v) is 5.54. The van der Waals surface area contributed by atoms with Crippen LogP contribution in [0.1, 0.15) is 12.5 Å². The maximum atomic E-state index is 12.7. The molecule has 0 fully saturated rings. The Morgan fingerprint density at radius 3 is 2.44 bits per heavy atom. The molecule has 0 saturated heterocycles. The Balaban J connectivity index is 1.95. The fourth-order valence-electron chi connectivity index (χ4n) is 2.20. The van der Waals surface area contributed by atoms with Gasteiger partial charge in [0.15, 0.2) is 0 Å². The molecular formula is C18H20F3N3O. The van der Waals surface area contributed by atoms with E-state index in [9.17, 15) is 18.0 Å². The SMILES string of the molecule is CCN(C)c1cccc(NC(=O)CNc2cccc(C(F)(F)F)c2)c1. The summed E-state index contributed by atoms with van der Waals surface area (Å²) in [7, 11) is 1.94. The molecule has 2 rings (SSSR count). The molecule has 0 aromatic heterocycles. The van der Waals surface area contributed by atoms with E-state index >= 15 is 0 Å². The standard InChI is InChI=1S/C18H20F3N3O/c1-3-24(2)16-9-5-8-15(11-16)23-17(25)12-22-14-7-4-6-13(10-14)18(19,20)21/h4-11,22H,3,12H2,1-2H3,(H,23,25). The zero-order valence-electron chi connectivity index (χ0n) is 14.0. The van der Waals surface area contributed by atoms with Gasteiger partial charge in [-0.2, -0.15) is 13.2 Å². The van der Waals surface area contributed by atoms with Crippen LogP contribution >= 0.6 is 0 Å². The summed E-state index contributed by atoms with van der Waals surface area (Å²) in [6.07, 6.45) is -4.41. The van der Waals surface area contributed by atoms with Crippen LogP contribution < -0.4 is 15.5 Å². The Labute approximate surface area is 144 Å².